The van der Waals surface area contributed by atoms with Gasteiger partial charge in [-0.3, -0.25) is 0 Å². The molecule has 1 N–H and O–H groups in total. The van der Waals surface area contributed by atoms with Crippen LogP contribution in [-0.4, -0.2) is 51.4 Å². The molecule has 0 bridgehead atoms. The van der Waals surface area contributed by atoms with Gasteiger partial charge >= 0.3 is 0 Å². The summed E-state index contributed by atoms with van der Waals surface area (Å²) in [5.41, 5.74) is 0. The molecule has 1 atom stereocenters. The molecule has 1 unspecified atom stereocenters. The average Bonchev–Trinajstić information content (AvgIpc) is 2.48. The van der Waals surface area contributed by atoms with E-state index in [0.717, 1.165) is 18.9 Å². The smallest absolute Gasteiger partial charge is 0.0701 e. The van der Waals surface area contributed by atoms with Crippen molar-refractivity contribution < 1.29 is 19.3 Å². The van der Waals surface area contributed by atoms with Crippen LogP contribution in [0.2, 0.25) is 0 Å². The number of aliphatic hydroxyl groups is 1. The lowest BCUT2D eigenvalue weighted by Crippen LogP contribution is -2.11. The van der Waals surface area contributed by atoms with Crippen LogP contribution in [0.25, 0.3) is 0 Å². The summed E-state index contributed by atoms with van der Waals surface area (Å²) in [7, 11) is 0. The van der Waals surface area contributed by atoms with Gasteiger partial charge in [-0.05, 0) is 12.3 Å². The maximum Gasteiger partial charge on any atom is 0.0701 e. The molecule has 0 fully saturated rings. The number of ether oxygens (including phenoxy) is 3. The Morgan fingerprint density at radius 1 is 0.714 bits per heavy atom. The highest BCUT2D eigenvalue weighted by molar-refractivity contribution is 4.54. The molecule has 0 saturated heterocycles. The van der Waals surface area contributed by atoms with E-state index in [2.05, 4.69) is 13.8 Å². The van der Waals surface area contributed by atoms with Crippen LogP contribution in [0.15, 0.2) is 0 Å². The van der Waals surface area contributed by atoms with Crippen LogP contribution < -0.4 is 0 Å². The van der Waals surface area contributed by atoms with Gasteiger partial charge in [-0.1, -0.05) is 52.4 Å². The normalized spacial score (nSPS) is 12.7. The quantitative estimate of drug-likeness (QED) is 0.418. The monoisotopic (exact) mass is 304 g/mol. The first-order chi connectivity index (χ1) is 10.3. The highest BCUT2D eigenvalue weighted by atomic mass is 16.5. The van der Waals surface area contributed by atoms with Crippen LogP contribution in [0.3, 0.4) is 0 Å². The van der Waals surface area contributed by atoms with Crippen molar-refractivity contribution in [3.05, 3.63) is 0 Å². The summed E-state index contributed by atoms with van der Waals surface area (Å²) in [5.74, 6) is 0.860. The number of unbranched alkanes of at least 4 members (excludes halogenated alkanes) is 3. The first-order valence-corrected chi connectivity index (χ1v) is 8.65. The molecule has 0 aromatic carbocycles. The number of hydrogen-bond donors (Lipinski definition) is 1. The predicted molar refractivity (Wildman–Crippen MR) is 86.7 cm³/mol. The van der Waals surface area contributed by atoms with E-state index in [4.69, 9.17) is 19.3 Å². The fourth-order valence-electron chi connectivity index (χ4n) is 2.19. The molecule has 4 heteroatoms. The molecule has 0 aromatic heterocycles. The van der Waals surface area contributed by atoms with E-state index >= 15 is 0 Å². The minimum atomic E-state index is 0.0698. The second kappa shape index (κ2) is 17.9. The van der Waals surface area contributed by atoms with Gasteiger partial charge in [0.1, 0.15) is 0 Å². The van der Waals surface area contributed by atoms with Crippen molar-refractivity contribution in [2.24, 2.45) is 5.92 Å². The average molecular weight is 304 g/mol. The zero-order valence-corrected chi connectivity index (χ0v) is 14.1. The molecule has 0 amide bonds. The molecule has 0 radical (unpaired) electrons. The van der Waals surface area contributed by atoms with Gasteiger partial charge in [-0.2, -0.15) is 0 Å². The molecule has 4 nitrogen and oxygen atoms in total. The van der Waals surface area contributed by atoms with E-state index in [-0.39, 0.29) is 6.61 Å². The van der Waals surface area contributed by atoms with Gasteiger partial charge in [0.2, 0.25) is 0 Å². The van der Waals surface area contributed by atoms with Gasteiger partial charge in [-0.25, -0.2) is 0 Å². The van der Waals surface area contributed by atoms with Crippen LogP contribution in [0.5, 0.6) is 0 Å². The maximum absolute atomic E-state index is 8.51. The molecule has 0 heterocycles. The molecule has 0 aliphatic rings. The third-order valence-electron chi connectivity index (χ3n) is 3.52. The highest BCUT2D eigenvalue weighted by Gasteiger charge is 2.01. The topological polar surface area (TPSA) is 47.9 Å². The molecule has 0 aromatic rings. The van der Waals surface area contributed by atoms with Crippen molar-refractivity contribution in [1.82, 2.24) is 0 Å². The van der Waals surface area contributed by atoms with Crippen LogP contribution in [-0.2, 0) is 14.2 Å². The second-order valence-corrected chi connectivity index (χ2v) is 5.66. The lowest BCUT2D eigenvalue weighted by atomic mass is 9.97. The van der Waals surface area contributed by atoms with E-state index in [1.54, 1.807) is 0 Å². The van der Waals surface area contributed by atoms with Crippen molar-refractivity contribution in [2.45, 2.75) is 58.8 Å². The summed E-state index contributed by atoms with van der Waals surface area (Å²) in [6.07, 6.45) is 9.19. The Hall–Kier alpha value is -0.160. The summed E-state index contributed by atoms with van der Waals surface area (Å²) in [6, 6.07) is 0. The summed E-state index contributed by atoms with van der Waals surface area (Å²) < 4.78 is 16.0. The molecule has 0 saturated carbocycles. The Kier molecular flexibility index (Phi) is 17.8. The highest BCUT2D eigenvalue weighted by Crippen LogP contribution is 2.15. The number of rotatable bonds is 17. The zero-order chi connectivity index (χ0) is 15.6. The molecule has 0 aliphatic heterocycles. The standard InChI is InChI=1S/C17H36O4/c1-3-4-5-8-17(2)9-6-7-11-19-13-15-21-16-14-20-12-10-18/h17-18H,3-16H2,1-2H3. The molecular weight excluding hydrogens is 268 g/mol. The molecule has 21 heavy (non-hydrogen) atoms. The Morgan fingerprint density at radius 3 is 1.81 bits per heavy atom. The number of hydrogen-bond acceptors (Lipinski definition) is 4. The van der Waals surface area contributed by atoms with Gasteiger partial charge in [-0.15, -0.1) is 0 Å². The molecular formula is C17H36O4. The van der Waals surface area contributed by atoms with Crippen molar-refractivity contribution in [1.29, 1.82) is 0 Å². The minimum Gasteiger partial charge on any atom is -0.394 e. The van der Waals surface area contributed by atoms with Gasteiger partial charge < -0.3 is 19.3 Å². The first-order valence-electron chi connectivity index (χ1n) is 8.65. The second-order valence-electron chi connectivity index (χ2n) is 5.66. The summed E-state index contributed by atoms with van der Waals surface area (Å²) >= 11 is 0. The summed E-state index contributed by atoms with van der Waals surface area (Å²) in [6.45, 7) is 8.30. The largest absolute Gasteiger partial charge is 0.394 e. The van der Waals surface area contributed by atoms with Crippen LogP contribution in [0.1, 0.15) is 58.8 Å². The number of aliphatic hydroxyl groups excluding tert-OH is 1. The van der Waals surface area contributed by atoms with Gasteiger partial charge in [0.15, 0.2) is 0 Å². The van der Waals surface area contributed by atoms with E-state index in [1.807, 2.05) is 0 Å². The van der Waals surface area contributed by atoms with Crippen molar-refractivity contribution >= 4 is 0 Å². The third-order valence-corrected chi connectivity index (χ3v) is 3.52. The summed E-state index contributed by atoms with van der Waals surface area (Å²) in [5, 5.41) is 8.51. The van der Waals surface area contributed by atoms with Crippen molar-refractivity contribution in [2.75, 3.05) is 46.2 Å². The molecule has 0 spiro atoms. The van der Waals surface area contributed by atoms with E-state index in [9.17, 15) is 0 Å². The lowest BCUT2D eigenvalue weighted by molar-refractivity contribution is 0.00712. The lowest BCUT2D eigenvalue weighted by Gasteiger charge is -2.11. The minimum absolute atomic E-state index is 0.0698. The van der Waals surface area contributed by atoms with Crippen LogP contribution in [0, 0.1) is 5.92 Å². The van der Waals surface area contributed by atoms with Crippen LogP contribution in [0.4, 0.5) is 0 Å². The predicted octanol–water partition coefficient (Wildman–Crippen LogP) is 3.42. The summed E-state index contributed by atoms with van der Waals surface area (Å²) in [4.78, 5) is 0. The SMILES string of the molecule is CCCCCC(C)CCCCOCCOCCOCCO. The van der Waals surface area contributed by atoms with E-state index < -0.39 is 0 Å². The van der Waals surface area contributed by atoms with Gasteiger partial charge in [0.05, 0.1) is 39.6 Å². The van der Waals surface area contributed by atoms with Gasteiger partial charge in [0.25, 0.3) is 0 Å². The van der Waals surface area contributed by atoms with Crippen molar-refractivity contribution in [3.63, 3.8) is 0 Å². The Bertz CT molecular complexity index is 188. The van der Waals surface area contributed by atoms with E-state index in [1.165, 1.54) is 38.5 Å². The van der Waals surface area contributed by atoms with E-state index in [0.29, 0.717) is 33.0 Å². The fourth-order valence-corrected chi connectivity index (χ4v) is 2.19. The maximum atomic E-state index is 8.51. The molecule has 0 rings (SSSR count). The fraction of sp³-hybridized carbons (Fsp3) is 1.00. The van der Waals surface area contributed by atoms with Gasteiger partial charge in [0, 0.05) is 6.61 Å². The van der Waals surface area contributed by atoms with Crippen LogP contribution >= 0.6 is 0 Å². The Balaban J connectivity index is 3.05. The molecule has 128 valence electrons. The Labute approximate surface area is 131 Å². The first kappa shape index (κ1) is 20.8. The third kappa shape index (κ3) is 17.8. The van der Waals surface area contributed by atoms with Crippen molar-refractivity contribution in [3.8, 4) is 0 Å². The Morgan fingerprint density at radius 2 is 1.24 bits per heavy atom. The zero-order valence-electron chi connectivity index (χ0n) is 14.1. The molecule has 0 aliphatic carbocycles.